The van der Waals surface area contributed by atoms with Crippen molar-refractivity contribution in [2.45, 2.75) is 12.5 Å². The van der Waals surface area contributed by atoms with Crippen LogP contribution in [-0.2, 0) is 9.59 Å². The Kier molecular flexibility index (Phi) is 4.11. The van der Waals surface area contributed by atoms with Crippen LogP contribution < -0.4 is 14.8 Å². The molecule has 7 heteroatoms. The van der Waals surface area contributed by atoms with Gasteiger partial charge in [-0.1, -0.05) is 11.6 Å². The van der Waals surface area contributed by atoms with Crippen molar-refractivity contribution >= 4 is 24.0 Å². The number of rotatable bonds is 5. The fraction of sp³-hybridized carbons (Fsp3) is 0.333. The summed E-state index contributed by atoms with van der Waals surface area (Å²) in [6.07, 6.45) is 0.215. The summed E-state index contributed by atoms with van der Waals surface area (Å²) >= 11 is 6.06. The van der Waals surface area contributed by atoms with E-state index in [0.29, 0.717) is 41.7 Å². The van der Waals surface area contributed by atoms with Gasteiger partial charge in [0.05, 0.1) is 17.5 Å². The van der Waals surface area contributed by atoms with E-state index in [4.69, 9.17) is 26.2 Å². The van der Waals surface area contributed by atoms with E-state index in [1.807, 2.05) is 0 Å². The summed E-state index contributed by atoms with van der Waals surface area (Å²) in [4.78, 5) is 21.3. The maximum absolute atomic E-state index is 10.8. The number of carbonyl (C=O) groups is 2. The van der Waals surface area contributed by atoms with Crippen LogP contribution in [0.1, 0.15) is 18.0 Å². The third-order valence-electron chi connectivity index (χ3n) is 2.67. The second kappa shape index (κ2) is 5.79. The predicted octanol–water partition coefficient (Wildman–Crippen LogP) is 1.37. The quantitative estimate of drug-likeness (QED) is 0.798. The van der Waals surface area contributed by atoms with E-state index in [0.717, 1.165) is 0 Å². The third kappa shape index (κ3) is 3.08. The number of benzene rings is 1. The normalized spacial score (nSPS) is 14.6. The van der Waals surface area contributed by atoms with Gasteiger partial charge in [-0.3, -0.25) is 9.59 Å². The number of carboxylic acid groups (broad SMARTS) is 1. The van der Waals surface area contributed by atoms with Crippen molar-refractivity contribution < 1.29 is 24.2 Å². The Morgan fingerprint density at radius 3 is 2.89 bits per heavy atom. The second-order valence-corrected chi connectivity index (χ2v) is 4.37. The molecule has 1 atom stereocenters. The van der Waals surface area contributed by atoms with Crippen LogP contribution in [-0.4, -0.2) is 30.7 Å². The van der Waals surface area contributed by atoms with Crippen molar-refractivity contribution in [3.05, 3.63) is 22.7 Å². The maximum Gasteiger partial charge on any atom is 0.305 e. The highest BCUT2D eigenvalue weighted by atomic mass is 35.5. The fourth-order valence-electron chi connectivity index (χ4n) is 1.86. The molecule has 0 aliphatic carbocycles. The van der Waals surface area contributed by atoms with Crippen molar-refractivity contribution in [3.8, 4) is 11.5 Å². The summed E-state index contributed by atoms with van der Waals surface area (Å²) in [7, 11) is 0. The summed E-state index contributed by atoms with van der Waals surface area (Å²) in [5, 5.41) is 11.6. The van der Waals surface area contributed by atoms with E-state index in [9.17, 15) is 9.59 Å². The van der Waals surface area contributed by atoms with Crippen molar-refractivity contribution in [1.29, 1.82) is 0 Å². The van der Waals surface area contributed by atoms with Crippen LogP contribution in [0.3, 0.4) is 0 Å². The minimum atomic E-state index is -1.02. The number of carboxylic acids is 1. The number of fused-ring (bicyclic) bond motifs is 1. The average molecular weight is 286 g/mol. The predicted molar refractivity (Wildman–Crippen MR) is 66.6 cm³/mol. The lowest BCUT2D eigenvalue weighted by Gasteiger charge is -2.22. The lowest BCUT2D eigenvalue weighted by atomic mass is 10.0. The first-order chi connectivity index (χ1) is 9.11. The van der Waals surface area contributed by atoms with E-state index in [-0.39, 0.29) is 6.42 Å². The van der Waals surface area contributed by atoms with E-state index in [1.54, 1.807) is 12.1 Å². The van der Waals surface area contributed by atoms with Crippen LogP contribution in [0.25, 0.3) is 0 Å². The van der Waals surface area contributed by atoms with Crippen LogP contribution in [0.5, 0.6) is 11.5 Å². The average Bonchev–Trinajstić information content (AvgIpc) is 2.38. The van der Waals surface area contributed by atoms with Crippen molar-refractivity contribution in [2.75, 3.05) is 13.2 Å². The molecule has 0 unspecified atom stereocenters. The summed E-state index contributed by atoms with van der Waals surface area (Å²) in [5.41, 5.74) is 0.559. The molecule has 0 saturated carbocycles. The van der Waals surface area contributed by atoms with Crippen LogP contribution in [0.4, 0.5) is 0 Å². The molecule has 1 aliphatic heterocycles. The summed E-state index contributed by atoms with van der Waals surface area (Å²) in [6, 6.07) is 2.53. The minimum Gasteiger partial charge on any atom is -0.486 e. The van der Waals surface area contributed by atoms with Gasteiger partial charge in [0.1, 0.15) is 13.2 Å². The molecule has 6 nitrogen and oxygen atoms in total. The highest BCUT2D eigenvalue weighted by Crippen LogP contribution is 2.40. The Hall–Kier alpha value is -1.95. The van der Waals surface area contributed by atoms with Gasteiger partial charge in [-0.2, -0.15) is 0 Å². The molecule has 1 aromatic carbocycles. The van der Waals surface area contributed by atoms with E-state index < -0.39 is 12.0 Å². The molecule has 2 N–H and O–H groups in total. The molecule has 0 aromatic heterocycles. The Balaban J connectivity index is 2.34. The lowest BCUT2D eigenvalue weighted by Crippen LogP contribution is -2.23. The number of hydrogen-bond donors (Lipinski definition) is 2. The van der Waals surface area contributed by atoms with Crippen LogP contribution >= 0.6 is 11.6 Å². The topological polar surface area (TPSA) is 84.9 Å². The highest BCUT2D eigenvalue weighted by molar-refractivity contribution is 6.32. The number of nitrogens with one attached hydrogen (secondary N) is 1. The summed E-state index contributed by atoms with van der Waals surface area (Å²) < 4.78 is 10.8. The van der Waals surface area contributed by atoms with Gasteiger partial charge in [0.15, 0.2) is 11.5 Å². The Morgan fingerprint density at radius 2 is 2.21 bits per heavy atom. The lowest BCUT2D eigenvalue weighted by molar-refractivity contribution is -0.137. The number of ether oxygens (including phenoxy) is 2. The first-order valence-electron chi connectivity index (χ1n) is 5.62. The summed E-state index contributed by atoms with van der Waals surface area (Å²) in [6.45, 7) is 0.814. The molecule has 0 saturated heterocycles. The van der Waals surface area contributed by atoms with E-state index >= 15 is 0 Å². The Morgan fingerprint density at radius 1 is 1.47 bits per heavy atom. The molecule has 102 valence electrons. The minimum absolute atomic E-state index is 0.241. The first-order valence-corrected chi connectivity index (χ1v) is 6.00. The standard InChI is InChI=1S/C12H12ClNO5/c13-8-3-7(9(14-6-15)5-11(16)17)4-10-12(8)19-2-1-18-10/h3-4,6,9H,1-2,5H2,(H,14,15)(H,16,17)/t9-/m0/s1. The molecule has 0 spiro atoms. The van der Waals surface area contributed by atoms with Gasteiger partial charge in [-0.25, -0.2) is 0 Å². The molecule has 1 aromatic rings. The molecule has 1 amide bonds. The molecule has 0 radical (unpaired) electrons. The molecule has 0 bridgehead atoms. The van der Waals surface area contributed by atoms with Crippen LogP contribution in [0, 0.1) is 0 Å². The number of aliphatic carboxylic acids is 1. The van der Waals surface area contributed by atoms with Gasteiger partial charge in [0, 0.05) is 0 Å². The van der Waals surface area contributed by atoms with Gasteiger partial charge in [-0.15, -0.1) is 0 Å². The number of halogens is 1. The third-order valence-corrected chi connectivity index (χ3v) is 2.95. The van der Waals surface area contributed by atoms with E-state index in [2.05, 4.69) is 5.32 Å². The molecule has 1 aliphatic rings. The smallest absolute Gasteiger partial charge is 0.305 e. The second-order valence-electron chi connectivity index (χ2n) is 3.96. The first kappa shape index (κ1) is 13.5. The van der Waals surface area contributed by atoms with Gasteiger partial charge in [0.25, 0.3) is 0 Å². The molecule has 0 fully saturated rings. The van der Waals surface area contributed by atoms with Gasteiger partial charge in [0.2, 0.25) is 6.41 Å². The molecule has 1 heterocycles. The molecular weight excluding hydrogens is 274 g/mol. The van der Waals surface area contributed by atoms with Crippen LogP contribution in [0.15, 0.2) is 12.1 Å². The van der Waals surface area contributed by atoms with Crippen molar-refractivity contribution in [1.82, 2.24) is 5.32 Å². The summed E-state index contributed by atoms with van der Waals surface area (Å²) in [5.74, 6) is -0.126. The number of hydrogen-bond acceptors (Lipinski definition) is 4. The Labute approximate surface area is 114 Å². The van der Waals surface area contributed by atoms with Gasteiger partial charge < -0.3 is 19.9 Å². The molecule has 19 heavy (non-hydrogen) atoms. The maximum atomic E-state index is 10.8. The zero-order valence-corrected chi connectivity index (χ0v) is 10.6. The monoisotopic (exact) mass is 285 g/mol. The van der Waals surface area contributed by atoms with Crippen molar-refractivity contribution in [3.63, 3.8) is 0 Å². The number of amides is 1. The van der Waals surface area contributed by atoms with Gasteiger partial charge in [-0.05, 0) is 17.7 Å². The SMILES string of the molecule is O=CN[C@@H](CC(=O)O)c1cc(Cl)c2c(c1)OCCO2. The van der Waals surface area contributed by atoms with Crippen LogP contribution in [0.2, 0.25) is 5.02 Å². The zero-order valence-electron chi connectivity index (χ0n) is 9.89. The Bertz CT molecular complexity index is 505. The molecule has 2 rings (SSSR count). The van der Waals surface area contributed by atoms with Gasteiger partial charge >= 0.3 is 5.97 Å². The fourth-order valence-corrected chi connectivity index (χ4v) is 2.14. The largest absolute Gasteiger partial charge is 0.486 e. The van der Waals surface area contributed by atoms with E-state index in [1.165, 1.54) is 0 Å². The molecular formula is C12H12ClNO5. The van der Waals surface area contributed by atoms with Crippen molar-refractivity contribution in [2.24, 2.45) is 0 Å². The highest BCUT2D eigenvalue weighted by Gasteiger charge is 2.21. The zero-order chi connectivity index (χ0) is 13.8. The number of carbonyl (C=O) groups excluding carboxylic acids is 1.